The molecule has 1 fully saturated rings. The van der Waals surface area contributed by atoms with Crippen LogP contribution in [0.15, 0.2) is 164 Å². The zero-order chi connectivity index (χ0) is 38.5. The van der Waals surface area contributed by atoms with Gasteiger partial charge in [-0.2, -0.15) is 0 Å². The summed E-state index contributed by atoms with van der Waals surface area (Å²) in [5.41, 5.74) is 2.93. The van der Waals surface area contributed by atoms with Crippen LogP contribution < -0.4 is 10.4 Å². The summed E-state index contributed by atoms with van der Waals surface area (Å²) in [6.07, 6.45) is -0.868. The number of ketones is 1. The third-order valence-electron chi connectivity index (χ3n) is 9.96. The SMILES string of the molecule is CO[C@H]1O[C@H](C(=O)/C=C/CO[Si](c2ccccc2)(c2ccccc2)C(C)(C)C)[C@@H](OCc2ccccc2)[C@H](OCc2ccccc2)[C@@H]1OCc1ccccc1. The molecule has 0 radical (unpaired) electrons. The van der Waals surface area contributed by atoms with Crippen LogP contribution >= 0.6 is 0 Å². The number of carbonyl (C=O) groups is 1. The normalized spacial score (nSPS) is 20.4. The van der Waals surface area contributed by atoms with Crippen LogP contribution in [0.25, 0.3) is 0 Å². The Morgan fingerprint density at radius 1 is 0.600 bits per heavy atom. The molecule has 0 N–H and O–H groups in total. The maximum Gasteiger partial charge on any atom is 0.261 e. The van der Waals surface area contributed by atoms with Crippen molar-refractivity contribution >= 4 is 24.5 Å². The van der Waals surface area contributed by atoms with Crippen molar-refractivity contribution in [2.45, 2.75) is 76.3 Å². The monoisotopic (exact) mass is 756 g/mol. The fraction of sp³-hybridized carbons (Fsp3) is 0.298. The fourth-order valence-electron chi connectivity index (χ4n) is 7.27. The topological polar surface area (TPSA) is 72.5 Å². The minimum Gasteiger partial charge on any atom is -0.404 e. The van der Waals surface area contributed by atoms with E-state index in [1.54, 1.807) is 19.3 Å². The predicted octanol–water partition coefficient (Wildman–Crippen LogP) is 7.82. The third-order valence-corrected chi connectivity index (χ3v) is 15.0. The summed E-state index contributed by atoms with van der Waals surface area (Å²) in [7, 11) is -1.26. The average molecular weight is 757 g/mol. The van der Waals surface area contributed by atoms with E-state index in [1.165, 1.54) is 10.4 Å². The summed E-state index contributed by atoms with van der Waals surface area (Å²) in [6, 6.07) is 50.6. The zero-order valence-corrected chi connectivity index (χ0v) is 33.2. The van der Waals surface area contributed by atoms with Crippen molar-refractivity contribution in [3.8, 4) is 0 Å². The maximum absolute atomic E-state index is 14.4. The first-order valence-corrected chi connectivity index (χ1v) is 20.8. The second-order valence-electron chi connectivity index (χ2n) is 14.7. The number of ether oxygens (including phenoxy) is 5. The quantitative estimate of drug-likeness (QED) is 0.0708. The van der Waals surface area contributed by atoms with E-state index in [9.17, 15) is 4.79 Å². The van der Waals surface area contributed by atoms with Gasteiger partial charge in [-0.15, -0.1) is 0 Å². The first-order chi connectivity index (χ1) is 26.8. The molecule has 55 heavy (non-hydrogen) atoms. The van der Waals surface area contributed by atoms with E-state index in [-0.39, 0.29) is 30.6 Å². The molecular formula is C47H52O7Si. The first-order valence-electron chi connectivity index (χ1n) is 18.9. The molecule has 6 rings (SSSR count). The Labute approximate surface area is 327 Å². The van der Waals surface area contributed by atoms with Gasteiger partial charge in [-0.25, -0.2) is 0 Å². The van der Waals surface area contributed by atoms with Gasteiger partial charge in [0.2, 0.25) is 0 Å². The maximum atomic E-state index is 14.4. The molecule has 5 aromatic carbocycles. The molecule has 1 aliphatic rings. The van der Waals surface area contributed by atoms with Gasteiger partial charge in [0.15, 0.2) is 18.2 Å². The average Bonchev–Trinajstić information content (AvgIpc) is 3.22. The van der Waals surface area contributed by atoms with Crippen LogP contribution in [0.2, 0.25) is 5.04 Å². The van der Waals surface area contributed by atoms with Crippen molar-refractivity contribution in [1.82, 2.24) is 0 Å². The summed E-state index contributed by atoms with van der Waals surface area (Å²) < 4.78 is 39.3. The molecule has 0 spiro atoms. The summed E-state index contributed by atoms with van der Waals surface area (Å²) in [4.78, 5) is 14.4. The zero-order valence-electron chi connectivity index (χ0n) is 32.2. The molecular weight excluding hydrogens is 705 g/mol. The van der Waals surface area contributed by atoms with Crippen LogP contribution in [0.1, 0.15) is 37.5 Å². The standard InChI is InChI=1S/C47H52O7Si/c1-47(2,3)55(39-27-16-8-17-28-39,40-29-18-9-19-30-40)53-32-20-31-41(48)42-43(50-33-36-21-10-5-11-22-36)44(51-34-37-23-12-6-13-24-37)45(46(49-4)54-42)52-35-38-25-14-7-15-26-38/h5-31,42-46H,32-35H2,1-4H3/b31-20+/t42-,43-,44+,45+,46+/m1/s1. The van der Waals surface area contributed by atoms with Crippen molar-refractivity contribution in [3.05, 3.63) is 181 Å². The lowest BCUT2D eigenvalue weighted by Gasteiger charge is -2.45. The molecule has 5 aromatic rings. The van der Waals surface area contributed by atoms with Gasteiger partial charge in [-0.1, -0.05) is 179 Å². The van der Waals surface area contributed by atoms with Gasteiger partial charge >= 0.3 is 0 Å². The van der Waals surface area contributed by atoms with Crippen molar-refractivity contribution in [1.29, 1.82) is 0 Å². The first kappa shape index (κ1) is 40.2. The lowest BCUT2D eigenvalue weighted by Crippen LogP contribution is -2.66. The van der Waals surface area contributed by atoms with E-state index in [0.717, 1.165) is 16.7 Å². The third kappa shape index (κ3) is 10.0. The number of rotatable bonds is 17. The van der Waals surface area contributed by atoms with E-state index in [1.807, 2.05) is 103 Å². The number of hydrogen-bond donors (Lipinski definition) is 0. The van der Waals surface area contributed by atoms with E-state index in [0.29, 0.717) is 6.61 Å². The Kier molecular flexibility index (Phi) is 14.1. The molecule has 0 saturated carbocycles. The van der Waals surface area contributed by atoms with E-state index < -0.39 is 39.0 Å². The largest absolute Gasteiger partial charge is 0.404 e. The number of benzene rings is 5. The minimum absolute atomic E-state index is 0.208. The van der Waals surface area contributed by atoms with E-state index in [2.05, 4.69) is 69.3 Å². The molecule has 8 heteroatoms. The van der Waals surface area contributed by atoms with Crippen LogP contribution in [0, 0.1) is 0 Å². The summed E-state index contributed by atoms with van der Waals surface area (Å²) >= 11 is 0. The summed E-state index contributed by atoms with van der Waals surface area (Å²) in [6.45, 7) is 7.74. The van der Waals surface area contributed by atoms with Crippen LogP contribution in [0.5, 0.6) is 0 Å². The molecule has 1 aliphatic heterocycles. The second-order valence-corrected chi connectivity index (χ2v) is 19.0. The molecule has 0 amide bonds. The summed E-state index contributed by atoms with van der Waals surface area (Å²) in [5.74, 6) is -0.277. The van der Waals surface area contributed by atoms with E-state index >= 15 is 0 Å². The number of methoxy groups -OCH3 is 1. The van der Waals surface area contributed by atoms with Crippen LogP contribution in [0.3, 0.4) is 0 Å². The Balaban J connectivity index is 1.29. The van der Waals surface area contributed by atoms with Crippen molar-refractivity contribution in [2.75, 3.05) is 13.7 Å². The molecule has 0 aromatic heterocycles. The molecule has 0 bridgehead atoms. The lowest BCUT2D eigenvalue weighted by atomic mass is 9.94. The van der Waals surface area contributed by atoms with Crippen molar-refractivity contribution in [3.63, 3.8) is 0 Å². The molecule has 1 heterocycles. The lowest BCUT2D eigenvalue weighted by molar-refractivity contribution is -0.310. The van der Waals surface area contributed by atoms with E-state index in [4.69, 9.17) is 28.1 Å². The highest BCUT2D eigenvalue weighted by molar-refractivity contribution is 6.99. The fourth-order valence-corrected chi connectivity index (χ4v) is 11.8. The smallest absolute Gasteiger partial charge is 0.261 e. The Hall–Kier alpha value is -4.51. The van der Waals surface area contributed by atoms with Gasteiger partial charge in [0.05, 0.1) is 26.4 Å². The Morgan fingerprint density at radius 2 is 1.00 bits per heavy atom. The van der Waals surface area contributed by atoms with Gasteiger partial charge in [-0.3, -0.25) is 4.79 Å². The van der Waals surface area contributed by atoms with Crippen LogP contribution in [-0.4, -0.2) is 58.5 Å². The molecule has 286 valence electrons. The number of carbonyl (C=O) groups excluding carboxylic acids is 1. The second kappa shape index (κ2) is 19.4. The highest BCUT2D eigenvalue weighted by Crippen LogP contribution is 2.37. The molecule has 1 saturated heterocycles. The number of hydrogen-bond acceptors (Lipinski definition) is 7. The van der Waals surface area contributed by atoms with Crippen LogP contribution in [-0.2, 0) is 52.7 Å². The Morgan fingerprint density at radius 3 is 1.42 bits per heavy atom. The summed E-state index contributed by atoms with van der Waals surface area (Å²) in [5, 5.41) is 2.13. The van der Waals surface area contributed by atoms with Crippen LogP contribution in [0.4, 0.5) is 0 Å². The molecule has 0 aliphatic carbocycles. The van der Waals surface area contributed by atoms with Gasteiger partial charge in [-0.05, 0) is 38.2 Å². The van der Waals surface area contributed by atoms with Gasteiger partial charge in [0, 0.05) is 7.11 Å². The molecule has 0 unspecified atom stereocenters. The van der Waals surface area contributed by atoms with Gasteiger partial charge in [0.25, 0.3) is 8.32 Å². The van der Waals surface area contributed by atoms with Gasteiger partial charge < -0.3 is 28.1 Å². The molecule has 5 atom stereocenters. The van der Waals surface area contributed by atoms with Crippen molar-refractivity contribution in [2.24, 2.45) is 0 Å². The predicted molar refractivity (Wildman–Crippen MR) is 218 cm³/mol. The highest BCUT2D eigenvalue weighted by atomic mass is 28.4. The van der Waals surface area contributed by atoms with Crippen molar-refractivity contribution < 1.29 is 32.9 Å². The van der Waals surface area contributed by atoms with Gasteiger partial charge in [0.1, 0.15) is 18.3 Å². The minimum atomic E-state index is -2.82. The molecule has 7 nitrogen and oxygen atoms in total. The highest BCUT2D eigenvalue weighted by Gasteiger charge is 2.52. The Bertz CT molecular complexity index is 1860.